The number of carbonyl (C=O) groups excluding carboxylic acids is 2. The van der Waals surface area contributed by atoms with E-state index in [0.717, 1.165) is 16.3 Å². The lowest BCUT2D eigenvalue weighted by Crippen LogP contribution is -2.42. The summed E-state index contributed by atoms with van der Waals surface area (Å²) in [7, 11) is 0. The first-order valence-electron chi connectivity index (χ1n) is 7.05. The Labute approximate surface area is 126 Å². The highest BCUT2D eigenvalue weighted by Gasteiger charge is 2.40. The van der Waals surface area contributed by atoms with Gasteiger partial charge in [-0.25, -0.2) is 0 Å². The van der Waals surface area contributed by atoms with E-state index in [4.69, 9.17) is 0 Å². The zero-order valence-electron chi connectivity index (χ0n) is 11.1. The largest absolute Gasteiger partial charge is 0.356 e. The summed E-state index contributed by atoms with van der Waals surface area (Å²) >= 11 is 3.26. The molecular formula is C14H18BrN3O2. The molecule has 6 heteroatoms. The summed E-state index contributed by atoms with van der Waals surface area (Å²) < 4.78 is 0.802. The van der Waals surface area contributed by atoms with Gasteiger partial charge in [-0.3, -0.25) is 20.4 Å². The van der Waals surface area contributed by atoms with Crippen molar-refractivity contribution in [3.8, 4) is 0 Å². The highest BCUT2D eigenvalue weighted by molar-refractivity contribution is 9.10. The van der Waals surface area contributed by atoms with E-state index < -0.39 is 0 Å². The second kappa shape index (κ2) is 5.60. The molecule has 5 nitrogen and oxygen atoms in total. The number of aromatic amines is 1. The van der Waals surface area contributed by atoms with E-state index in [1.165, 1.54) is 25.7 Å². The summed E-state index contributed by atoms with van der Waals surface area (Å²) in [5, 5.41) is 0. The van der Waals surface area contributed by atoms with E-state index in [9.17, 15) is 9.59 Å². The Balaban J connectivity index is 1.44. The standard InChI is InChI=1S/C14H18BrN3O2/c15-11-6-12(16-7-11)14(20)18-17-13(19)5-10-4-8-1-2-9(10)3-8/h6-10,16H,1-5H2,(H,17,19)(H,18,20)/t8-,9+,10-/m0/s1. The van der Waals surface area contributed by atoms with Crippen LogP contribution in [0.15, 0.2) is 16.7 Å². The summed E-state index contributed by atoms with van der Waals surface area (Å²) in [6.45, 7) is 0. The quantitative estimate of drug-likeness (QED) is 0.739. The Morgan fingerprint density at radius 2 is 2.15 bits per heavy atom. The highest BCUT2D eigenvalue weighted by atomic mass is 79.9. The van der Waals surface area contributed by atoms with Crippen molar-refractivity contribution in [2.24, 2.45) is 17.8 Å². The van der Waals surface area contributed by atoms with Crippen molar-refractivity contribution >= 4 is 27.7 Å². The summed E-state index contributed by atoms with van der Waals surface area (Å²) in [6.07, 6.45) is 7.27. The molecule has 0 aromatic carbocycles. The molecule has 2 aliphatic carbocycles. The van der Waals surface area contributed by atoms with Crippen molar-refractivity contribution in [3.05, 3.63) is 22.4 Å². The van der Waals surface area contributed by atoms with Gasteiger partial charge in [0.15, 0.2) is 0 Å². The van der Waals surface area contributed by atoms with Crippen molar-refractivity contribution in [1.29, 1.82) is 0 Å². The van der Waals surface area contributed by atoms with Crippen molar-refractivity contribution in [2.45, 2.75) is 32.1 Å². The first-order valence-corrected chi connectivity index (χ1v) is 7.84. The summed E-state index contributed by atoms with van der Waals surface area (Å²) in [6, 6.07) is 1.66. The molecule has 108 valence electrons. The van der Waals surface area contributed by atoms with Gasteiger partial charge in [0.25, 0.3) is 5.91 Å². The third kappa shape index (κ3) is 2.90. The number of hydrazine groups is 1. The van der Waals surface area contributed by atoms with Gasteiger partial charge >= 0.3 is 0 Å². The lowest BCUT2D eigenvalue weighted by atomic mass is 9.86. The smallest absolute Gasteiger partial charge is 0.286 e. The maximum absolute atomic E-state index is 11.9. The van der Waals surface area contributed by atoms with Crippen LogP contribution in [0.2, 0.25) is 0 Å². The number of hydrogen-bond donors (Lipinski definition) is 3. The van der Waals surface area contributed by atoms with Gasteiger partial charge in [-0.1, -0.05) is 6.42 Å². The number of nitrogens with one attached hydrogen (secondary N) is 3. The third-order valence-corrected chi connectivity index (χ3v) is 5.00. The monoisotopic (exact) mass is 339 g/mol. The molecule has 2 fully saturated rings. The average Bonchev–Trinajstić information content (AvgIpc) is 3.12. The highest BCUT2D eigenvalue weighted by Crippen LogP contribution is 2.49. The number of hydrogen-bond acceptors (Lipinski definition) is 2. The molecule has 20 heavy (non-hydrogen) atoms. The average molecular weight is 340 g/mol. The molecule has 2 bridgehead atoms. The lowest BCUT2D eigenvalue weighted by Gasteiger charge is -2.20. The topological polar surface area (TPSA) is 74.0 Å². The Kier molecular flexibility index (Phi) is 3.83. The van der Waals surface area contributed by atoms with Gasteiger partial charge in [-0.05, 0) is 59.0 Å². The van der Waals surface area contributed by atoms with Crippen LogP contribution in [0.1, 0.15) is 42.6 Å². The van der Waals surface area contributed by atoms with Gasteiger partial charge in [0.2, 0.25) is 5.91 Å². The van der Waals surface area contributed by atoms with Crippen LogP contribution in [-0.2, 0) is 4.79 Å². The van der Waals surface area contributed by atoms with E-state index in [-0.39, 0.29) is 11.8 Å². The molecule has 3 rings (SSSR count). The predicted molar refractivity (Wildman–Crippen MR) is 77.7 cm³/mol. The number of H-pyrrole nitrogens is 1. The van der Waals surface area contributed by atoms with Gasteiger partial charge in [0.05, 0.1) is 0 Å². The Hall–Kier alpha value is -1.30. The minimum absolute atomic E-state index is 0.0958. The predicted octanol–water partition coefficient (Wildman–Crippen LogP) is 2.36. The van der Waals surface area contributed by atoms with Gasteiger partial charge in [-0.2, -0.15) is 0 Å². The van der Waals surface area contributed by atoms with E-state index in [0.29, 0.717) is 18.0 Å². The summed E-state index contributed by atoms with van der Waals surface area (Å²) in [4.78, 5) is 26.4. The van der Waals surface area contributed by atoms with Crippen LogP contribution in [0, 0.1) is 17.8 Å². The number of aromatic nitrogens is 1. The lowest BCUT2D eigenvalue weighted by molar-refractivity contribution is -0.123. The summed E-state index contributed by atoms with van der Waals surface area (Å²) in [5.74, 6) is 1.63. The Bertz CT molecular complexity index is 528. The Morgan fingerprint density at radius 3 is 2.75 bits per heavy atom. The number of rotatable bonds is 3. The number of amides is 2. The zero-order chi connectivity index (χ0) is 14.1. The van der Waals surface area contributed by atoms with Crippen molar-refractivity contribution in [2.75, 3.05) is 0 Å². The molecule has 0 saturated heterocycles. The molecule has 0 unspecified atom stereocenters. The molecule has 2 aliphatic rings. The maximum Gasteiger partial charge on any atom is 0.286 e. The SMILES string of the molecule is O=C(C[C@@H]1C[C@H]2CC[C@@H]1C2)NNC(=O)c1cc(Br)c[nH]1. The number of carbonyl (C=O) groups is 2. The van der Waals surface area contributed by atoms with E-state index in [1.807, 2.05) is 0 Å². The molecule has 0 spiro atoms. The molecule has 1 aromatic heterocycles. The Morgan fingerprint density at radius 1 is 1.30 bits per heavy atom. The van der Waals surface area contributed by atoms with Crippen LogP contribution in [-0.4, -0.2) is 16.8 Å². The minimum atomic E-state index is -0.336. The van der Waals surface area contributed by atoms with Crippen LogP contribution in [0.4, 0.5) is 0 Å². The molecule has 3 atom stereocenters. The van der Waals surface area contributed by atoms with Gasteiger partial charge < -0.3 is 4.98 Å². The first-order chi connectivity index (χ1) is 9.61. The van der Waals surface area contributed by atoms with Crippen molar-refractivity contribution < 1.29 is 9.59 Å². The summed E-state index contributed by atoms with van der Waals surface area (Å²) in [5.41, 5.74) is 5.36. The van der Waals surface area contributed by atoms with Crippen LogP contribution < -0.4 is 10.9 Å². The fourth-order valence-electron chi connectivity index (χ4n) is 3.61. The van der Waals surface area contributed by atoms with Gasteiger partial charge in [-0.15, -0.1) is 0 Å². The molecule has 2 amide bonds. The van der Waals surface area contributed by atoms with E-state index in [1.54, 1.807) is 12.3 Å². The molecule has 0 aliphatic heterocycles. The van der Waals surface area contributed by atoms with Crippen LogP contribution in [0.3, 0.4) is 0 Å². The van der Waals surface area contributed by atoms with Crippen LogP contribution in [0.5, 0.6) is 0 Å². The van der Waals surface area contributed by atoms with Gasteiger partial charge in [0.1, 0.15) is 5.69 Å². The molecule has 1 heterocycles. The zero-order valence-corrected chi connectivity index (χ0v) is 12.7. The molecular weight excluding hydrogens is 322 g/mol. The molecule has 0 radical (unpaired) electrons. The number of fused-ring (bicyclic) bond motifs is 2. The number of halogens is 1. The second-order valence-corrected chi connectivity index (χ2v) is 6.79. The normalized spacial score (nSPS) is 27.6. The molecule has 3 N–H and O–H groups in total. The fourth-order valence-corrected chi connectivity index (χ4v) is 3.95. The molecule has 1 aromatic rings. The fraction of sp³-hybridized carbons (Fsp3) is 0.571. The first kappa shape index (κ1) is 13.7. The second-order valence-electron chi connectivity index (χ2n) is 5.87. The van der Waals surface area contributed by atoms with Crippen molar-refractivity contribution in [1.82, 2.24) is 15.8 Å². The van der Waals surface area contributed by atoms with Crippen molar-refractivity contribution in [3.63, 3.8) is 0 Å². The third-order valence-electron chi connectivity index (χ3n) is 4.54. The molecule has 2 saturated carbocycles. The minimum Gasteiger partial charge on any atom is -0.356 e. The maximum atomic E-state index is 11.9. The van der Waals surface area contributed by atoms with Gasteiger partial charge in [0, 0.05) is 17.1 Å². The van der Waals surface area contributed by atoms with Crippen LogP contribution >= 0.6 is 15.9 Å². The van der Waals surface area contributed by atoms with E-state index in [2.05, 4.69) is 31.8 Å². The van der Waals surface area contributed by atoms with Crippen LogP contribution in [0.25, 0.3) is 0 Å². The van der Waals surface area contributed by atoms with E-state index >= 15 is 0 Å².